The Labute approximate surface area is 150 Å². The summed E-state index contributed by atoms with van der Waals surface area (Å²) in [4.78, 5) is 30.9. The van der Waals surface area contributed by atoms with Gasteiger partial charge in [0.15, 0.2) is 0 Å². The van der Waals surface area contributed by atoms with Gasteiger partial charge in [-0.2, -0.15) is 0 Å². The summed E-state index contributed by atoms with van der Waals surface area (Å²) < 4.78 is 5.32. The van der Waals surface area contributed by atoms with E-state index in [1.807, 2.05) is 23.6 Å². The molecule has 1 aliphatic heterocycles. The maximum atomic E-state index is 12.0. The molecule has 1 aliphatic rings. The lowest BCUT2D eigenvalue weighted by Crippen LogP contribution is -2.36. The molecular weight excluding hydrogens is 340 g/mol. The molecule has 25 heavy (non-hydrogen) atoms. The van der Waals surface area contributed by atoms with Gasteiger partial charge in [0.2, 0.25) is 5.91 Å². The van der Waals surface area contributed by atoms with E-state index in [0.717, 1.165) is 18.9 Å². The zero-order valence-corrected chi connectivity index (χ0v) is 14.6. The fraction of sp³-hybridized carbons (Fsp3) is 0.353. The van der Waals surface area contributed by atoms with Crippen molar-refractivity contribution in [3.05, 3.63) is 40.7 Å². The van der Waals surface area contributed by atoms with Crippen molar-refractivity contribution in [1.82, 2.24) is 10.3 Å². The number of carbonyl (C=O) groups is 2. The van der Waals surface area contributed by atoms with Crippen LogP contribution >= 0.6 is 11.3 Å². The van der Waals surface area contributed by atoms with Crippen molar-refractivity contribution in [3.8, 4) is 0 Å². The van der Waals surface area contributed by atoms with Crippen LogP contribution in [0.3, 0.4) is 0 Å². The highest BCUT2D eigenvalue weighted by Crippen LogP contribution is 2.15. The molecule has 8 heteroatoms. The van der Waals surface area contributed by atoms with Crippen LogP contribution in [0.25, 0.3) is 0 Å². The molecule has 2 amide bonds. The topological polar surface area (TPSA) is 83.6 Å². The van der Waals surface area contributed by atoms with Gasteiger partial charge in [0, 0.05) is 26.1 Å². The van der Waals surface area contributed by atoms with Crippen molar-refractivity contribution in [1.29, 1.82) is 0 Å². The molecule has 1 saturated heterocycles. The highest BCUT2D eigenvalue weighted by atomic mass is 32.1. The number of aromatic nitrogens is 1. The van der Waals surface area contributed by atoms with Crippen LogP contribution in [-0.2, 0) is 9.53 Å². The smallest absolute Gasteiger partial charge is 0.261 e. The van der Waals surface area contributed by atoms with Crippen LogP contribution in [0, 0.1) is 0 Å². The molecule has 0 bridgehead atoms. The van der Waals surface area contributed by atoms with Crippen LogP contribution in [0.2, 0.25) is 0 Å². The van der Waals surface area contributed by atoms with Crippen molar-refractivity contribution in [2.45, 2.75) is 6.42 Å². The molecule has 132 valence electrons. The zero-order chi connectivity index (χ0) is 17.5. The van der Waals surface area contributed by atoms with Gasteiger partial charge in [0.05, 0.1) is 30.0 Å². The molecule has 0 aromatic carbocycles. The molecule has 2 aromatic heterocycles. The van der Waals surface area contributed by atoms with E-state index in [9.17, 15) is 9.59 Å². The third-order valence-corrected chi connectivity index (χ3v) is 4.62. The minimum absolute atomic E-state index is 0.153. The summed E-state index contributed by atoms with van der Waals surface area (Å²) in [7, 11) is 0. The van der Waals surface area contributed by atoms with Crippen LogP contribution in [-0.4, -0.2) is 49.6 Å². The second-order valence-electron chi connectivity index (χ2n) is 5.54. The zero-order valence-electron chi connectivity index (χ0n) is 13.7. The molecule has 2 aromatic rings. The van der Waals surface area contributed by atoms with Crippen molar-refractivity contribution in [2.24, 2.45) is 0 Å². The monoisotopic (exact) mass is 360 g/mol. The standard InChI is InChI=1S/C17H20N4O3S/c22-16(5-6-18-17(23)14-2-1-11-25-14)20-13-3-4-15(19-12-13)21-7-9-24-10-8-21/h1-4,11-12H,5-10H2,(H,18,23)(H,20,22). The predicted octanol–water partition coefficient (Wildman–Crippen LogP) is 1.74. The molecule has 0 unspecified atom stereocenters. The van der Waals surface area contributed by atoms with E-state index < -0.39 is 0 Å². The molecular formula is C17H20N4O3S. The highest BCUT2D eigenvalue weighted by molar-refractivity contribution is 7.12. The molecule has 3 rings (SSSR count). The Morgan fingerprint density at radius 3 is 2.76 bits per heavy atom. The average molecular weight is 360 g/mol. The van der Waals surface area contributed by atoms with Gasteiger partial charge < -0.3 is 20.3 Å². The molecule has 7 nitrogen and oxygen atoms in total. The van der Waals surface area contributed by atoms with E-state index >= 15 is 0 Å². The van der Waals surface area contributed by atoms with E-state index in [1.165, 1.54) is 11.3 Å². The maximum absolute atomic E-state index is 12.0. The summed E-state index contributed by atoms with van der Waals surface area (Å²) in [5.74, 6) is 0.566. The SMILES string of the molecule is O=C(CCNC(=O)c1cccs1)Nc1ccc(N2CCOCC2)nc1. The van der Waals surface area contributed by atoms with E-state index in [1.54, 1.807) is 12.3 Å². The number of hydrogen-bond acceptors (Lipinski definition) is 6. The van der Waals surface area contributed by atoms with E-state index in [-0.39, 0.29) is 18.2 Å². The summed E-state index contributed by atoms with van der Waals surface area (Å²) in [5, 5.41) is 7.36. The van der Waals surface area contributed by atoms with Crippen molar-refractivity contribution in [3.63, 3.8) is 0 Å². The van der Waals surface area contributed by atoms with Crippen LogP contribution in [0.5, 0.6) is 0 Å². The highest BCUT2D eigenvalue weighted by Gasteiger charge is 2.12. The van der Waals surface area contributed by atoms with Crippen molar-refractivity contribution >= 4 is 34.7 Å². The lowest BCUT2D eigenvalue weighted by Gasteiger charge is -2.27. The Morgan fingerprint density at radius 2 is 2.08 bits per heavy atom. The number of ether oxygens (including phenoxy) is 1. The number of thiophene rings is 1. The molecule has 2 N–H and O–H groups in total. The fourth-order valence-corrected chi connectivity index (χ4v) is 3.09. The number of hydrogen-bond donors (Lipinski definition) is 2. The summed E-state index contributed by atoms with van der Waals surface area (Å²) in [6, 6.07) is 7.29. The summed E-state index contributed by atoms with van der Waals surface area (Å²) in [6.07, 6.45) is 1.86. The molecule has 3 heterocycles. The maximum Gasteiger partial charge on any atom is 0.261 e. The Hall–Kier alpha value is -2.45. The molecule has 0 saturated carbocycles. The number of carbonyl (C=O) groups excluding carboxylic acids is 2. The van der Waals surface area contributed by atoms with Crippen molar-refractivity contribution in [2.75, 3.05) is 43.1 Å². The van der Waals surface area contributed by atoms with Gasteiger partial charge in [0.1, 0.15) is 5.82 Å². The Morgan fingerprint density at radius 1 is 1.24 bits per heavy atom. The molecule has 0 radical (unpaired) electrons. The quantitative estimate of drug-likeness (QED) is 0.820. The fourth-order valence-electron chi connectivity index (χ4n) is 2.45. The number of nitrogens with zero attached hydrogens (tertiary/aromatic N) is 2. The molecule has 0 atom stereocenters. The molecule has 1 fully saturated rings. The van der Waals surface area contributed by atoms with Crippen LogP contribution in [0.1, 0.15) is 16.1 Å². The first kappa shape index (κ1) is 17.4. The van der Waals surface area contributed by atoms with E-state index in [0.29, 0.717) is 30.3 Å². The van der Waals surface area contributed by atoms with Crippen LogP contribution in [0.15, 0.2) is 35.8 Å². The number of pyridine rings is 1. The van der Waals surface area contributed by atoms with Gasteiger partial charge in [-0.3, -0.25) is 9.59 Å². The first-order valence-electron chi connectivity index (χ1n) is 8.13. The normalized spacial score (nSPS) is 14.2. The van der Waals surface area contributed by atoms with Gasteiger partial charge in [-0.1, -0.05) is 6.07 Å². The lowest BCUT2D eigenvalue weighted by molar-refractivity contribution is -0.116. The third kappa shape index (κ3) is 5.01. The lowest BCUT2D eigenvalue weighted by atomic mass is 10.3. The number of anilines is 2. The predicted molar refractivity (Wildman–Crippen MR) is 97.2 cm³/mol. The van der Waals surface area contributed by atoms with Crippen LogP contribution < -0.4 is 15.5 Å². The summed E-state index contributed by atoms with van der Waals surface area (Å²) in [6.45, 7) is 3.35. The Balaban J connectivity index is 1.42. The number of amides is 2. The number of nitrogens with one attached hydrogen (secondary N) is 2. The number of morpholine rings is 1. The Kier molecular flexibility index (Phi) is 5.97. The first-order chi connectivity index (χ1) is 12.2. The molecule has 0 spiro atoms. The second kappa shape index (κ2) is 8.59. The third-order valence-electron chi connectivity index (χ3n) is 3.75. The van der Waals surface area contributed by atoms with Gasteiger partial charge in [-0.15, -0.1) is 11.3 Å². The van der Waals surface area contributed by atoms with Gasteiger partial charge in [0.25, 0.3) is 5.91 Å². The summed E-state index contributed by atoms with van der Waals surface area (Å²) in [5.41, 5.74) is 0.645. The van der Waals surface area contributed by atoms with E-state index in [4.69, 9.17) is 4.74 Å². The molecule has 0 aliphatic carbocycles. The Bertz CT molecular complexity index is 697. The van der Waals surface area contributed by atoms with E-state index in [2.05, 4.69) is 20.5 Å². The summed E-state index contributed by atoms with van der Waals surface area (Å²) >= 11 is 1.37. The van der Waals surface area contributed by atoms with Gasteiger partial charge in [-0.25, -0.2) is 4.98 Å². The minimum atomic E-state index is -0.160. The van der Waals surface area contributed by atoms with Crippen molar-refractivity contribution < 1.29 is 14.3 Å². The van der Waals surface area contributed by atoms with Crippen LogP contribution in [0.4, 0.5) is 11.5 Å². The second-order valence-corrected chi connectivity index (χ2v) is 6.48. The number of rotatable bonds is 6. The van der Waals surface area contributed by atoms with Gasteiger partial charge >= 0.3 is 0 Å². The average Bonchev–Trinajstić information content (AvgIpc) is 3.18. The largest absolute Gasteiger partial charge is 0.378 e. The van der Waals surface area contributed by atoms with Gasteiger partial charge in [-0.05, 0) is 23.6 Å². The first-order valence-corrected chi connectivity index (χ1v) is 9.00. The minimum Gasteiger partial charge on any atom is -0.378 e.